The highest BCUT2D eigenvalue weighted by Gasteiger charge is 2.13. The second-order valence-corrected chi connectivity index (χ2v) is 5.85. The van der Waals surface area contributed by atoms with E-state index in [4.69, 9.17) is 0 Å². The summed E-state index contributed by atoms with van der Waals surface area (Å²) in [6.45, 7) is 0.108. The van der Waals surface area contributed by atoms with Crippen LogP contribution >= 0.6 is 0 Å². The molecule has 1 aromatic heterocycles. The number of rotatable bonds is 4. The number of carbonyl (C=O) groups is 2. The lowest BCUT2D eigenvalue weighted by atomic mass is 10.0. The topological polar surface area (TPSA) is 87.5 Å². The molecule has 2 N–H and O–H groups in total. The van der Waals surface area contributed by atoms with E-state index in [9.17, 15) is 14.7 Å². The van der Waals surface area contributed by atoms with Crippen molar-refractivity contribution in [2.24, 2.45) is 0 Å². The van der Waals surface area contributed by atoms with Gasteiger partial charge in [-0.1, -0.05) is 12.1 Å². The van der Waals surface area contributed by atoms with Crippen LogP contribution in [0.5, 0.6) is 5.75 Å². The molecule has 1 heterocycles. The second-order valence-electron chi connectivity index (χ2n) is 5.85. The summed E-state index contributed by atoms with van der Waals surface area (Å²) in [5, 5.41) is 18.0. The number of hydrogen-bond donors (Lipinski definition) is 2. The third-order valence-electron chi connectivity index (χ3n) is 3.79. The molecule has 2 aromatic carbocycles. The third-order valence-corrected chi connectivity index (χ3v) is 3.79. The highest BCUT2D eigenvalue weighted by atomic mass is 16.3. The molecule has 0 aliphatic heterocycles. The van der Waals surface area contributed by atoms with Gasteiger partial charge in [-0.05, 0) is 35.0 Å². The quantitative estimate of drug-likeness (QED) is 0.762. The second kappa shape index (κ2) is 6.64. The van der Waals surface area contributed by atoms with E-state index >= 15 is 0 Å². The molecule has 3 aromatic rings. The minimum Gasteiger partial charge on any atom is -0.508 e. The number of nitrogens with one attached hydrogen (secondary N) is 1. The van der Waals surface area contributed by atoms with Crippen molar-refractivity contribution >= 4 is 28.4 Å². The third kappa shape index (κ3) is 3.60. The number of aromatic nitrogens is 2. The molecular formula is C18H18N4O3. The van der Waals surface area contributed by atoms with Crippen LogP contribution in [0.4, 0.5) is 5.82 Å². The van der Waals surface area contributed by atoms with Gasteiger partial charge in [0.25, 0.3) is 5.91 Å². The summed E-state index contributed by atoms with van der Waals surface area (Å²) in [6, 6.07) is 11.8. The molecule has 0 saturated heterocycles. The number of fused-ring (bicyclic) bond motifs is 1. The molecule has 0 unspecified atom stereocenters. The Morgan fingerprint density at radius 1 is 1.20 bits per heavy atom. The van der Waals surface area contributed by atoms with Crippen LogP contribution in [0, 0.1) is 0 Å². The lowest BCUT2D eigenvalue weighted by Gasteiger charge is -2.09. The van der Waals surface area contributed by atoms with E-state index in [1.54, 1.807) is 56.7 Å². The minimum absolute atomic E-state index is 0.0881. The van der Waals surface area contributed by atoms with E-state index in [2.05, 4.69) is 10.4 Å². The minimum atomic E-state index is -0.305. The fourth-order valence-electron chi connectivity index (χ4n) is 2.45. The van der Waals surface area contributed by atoms with Gasteiger partial charge in [0, 0.05) is 31.9 Å². The Labute approximate surface area is 144 Å². The molecule has 3 rings (SSSR count). The molecule has 0 aliphatic carbocycles. The van der Waals surface area contributed by atoms with E-state index in [-0.39, 0.29) is 24.1 Å². The summed E-state index contributed by atoms with van der Waals surface area (Å²) in [7, 11) is 3.35. The summed E-state index contributed by atoms with van der Waals surface area (Å²) >= 11 is 0. The van der Waals surface area contributed by atoms with Gasteiger partial charge < -0.3 is 15.3 Å². The number of likely N-dealkylation sites (N-methyl/N-ethyl adjacent to an activating group) is 1. The number of nitrogens with zero attached hydrogens (tertiary/aromatic N) is 3. The Balaban J connectivity index is 1.79. The Kier molecular flexibility index (Phi) is 4.38. The molecular weight excluding hydrogens is 320 g/mol. The monoisotopic (exact) mass is 338 g/mol. The van der Waals surface area contributed by atoms with Crippen LogP contribution < -0.4 is 5.32 Å². The number of carbonyl (C=O) groups excluding carboxylic acids is 2. The van der Waals surface area contributed by atoms with Crippen LogP contribution in [0.1, 0.15) is 10.4 Å². The maximum atomic E-state index is 12.6. The van der Waals surface area contributed by atoms with Crippen LogP contribution in [-0.4, -0.2) is 45.7 Å². The summed E-state index contributed by atoms with van der Waals surface area (Å²) in [4.78, 5) is 25.7. The molecule has 0 aliphatic rings. The summed E-state index contributed by atoms with van der Waals surface area (Å²) in [6.07, 6.45) is 1.64. The van der Waals surface area contributed by atoms with Crippen LogP contribution in [0.15, 0.2) is 48.7 Å². The fourth-order valence-corrected chi connectivity index (χ4v) is 2.45. The first-order chi connectivity index (χ1) is 11.9. The van der Waals surface area contributed by atoms with Crippen molar-refractivity contribution < 1.29 is 14.7 Å². The van der Waals surface area contributed by atoms with E-state index < -0.39 is 0 Å². The maximum Gasteiger partial charge on any atom is 0.257 e. The molecule has 0 bridgehead atoms. The predicted molar refractivity (Wildman–Crippen MR) is 94.5 cm³/mol. The lowest BCUT2D eigenvalue weighted by Crippen LogP contribution is -2.26. The van der Waals surface area contributed by atoms with Gasteiger partial charge in [-0.3, -0.25) is 14.3 Å². The average molecular weight is 338 g/mol. The highest BCUT2D eigenvalue weighted by molar-refractivity contribution is 6.12. The van der Waals surface area contributed by atoms with Gasteiger partial charge in [0.05, 0.1) is 0 Å². The maximum absolute atomic E-state index is 12.6. The summed E-state index contributed by atoms with van der Waals surface area (Å²) in [5.41, 5.74) is 0.483. The zero-order chi connectivity index (χ0) is 18.0. The van der Waals surface area contributed by atoms with Crippen LogP contribution in [0.25, 0.3) is 10.8 Å². The van der Waals surface area contributed by atoms with E-state index in [0.717, 1.165) is 10.8 Å². The number of phenolic OH excluding ortho intramolecular Hbond substituents is 1. The predicted octanol–water partition coefficient (Wildman–Crippen LogP) is 2.08. The first-order valence-corrected chi connectivity index (χ1v) is 7.71. The number of phenols is 1. The van der Waals surface area contributed by atoms with Gasteiger partial charge >= 0.3 is 0 Å². The Morgan fingerprint density at radius 3 is 2.76 bits per heavy atom. The molecule has 0 spiro atoms. The molecule has 0 radical (unpaired) electrons. The smallest absolute Gasteiger partial charge is 0.257 e. The Bertz CT molecular complexity index is 946. The summed E-state index contributed by atoms with van der Waals surface area (Å²) < 4.78 is 1.47. The van der Waals surface area contributed by atoms with Gasteiger partial charge in [-0.2, -0.15) is 5.10 Å². The first-order valence-electron chi connectivity index (χ1n) is 7.71. The lowest BCUT2D eigenvalue weighted by molar-refractivity contribution is -0.129. The van der Waals surface area contributed by atoms with Crippen LogP contribution in [-0.2, 0) is 11.3 Å². The van der Waals surface area contributed by atoms with Crippen molar-refractivity contribution in [3.8, 4) is 5.75 Å². The van der Waals surface area contributed by atoms with E-state index in [0.29, 0.717) is 11.4 Å². The Hall–Kier alpha value is -3.35. The van der Waals surface area contributed by atoms with Gasteiger partial charge in [0.1, 0.15) is 12.3 Å². The largest absolute Gasteiger partial charge is 0.508 e. The first kappa shape index (κ1) is 16.5. The Morgan fingerprint density at radius 2 is 2.00 bits per heavy atom. The van der Waals surface area contributed by atoms with Crippen molar-refractivity contribution in [3.05, 3.63) is 54.2 Å². The standard InChI is InChI=1S/C18H18N4O3/c1-21(2)17(24)11-22-9-8-16(20-22)19-18(25)15-5-3-4-12-10-13(23)6-7-14(12)15/h3-10,23H,11H2,1-2H3,(H,19,20,25). The molecule has 7 nitrogen and oxygen atoms in total. The number of benzene rings is 2. The number of amides is 2. The fraction of sp³-hybridized carbons (Fsp3) is 0.167. The van der Waals surface area contributed by atoms with Crippen molar-refractivity contribution in [1.82, 2.24) is 14.7 Å². The zero-order valence-corrected chi connectivity index (χ0v) is 13.9. The van der Waals surface area contributed by atoms with Gasteiger partial charge in [-0.25, -0.2) is 0 Å². The zero-order valence-electron chi connectivity index (χ0n) is 13.9. The number of anilines is 1. The van der Waals surface area contributed by atoms with Crippen LogP contribution in [0.2, 0.25) is 0 Å². The van der Waals surface area contributed by atoms with Crippen molar-refractivity contribution in [1.29, 1.82) is 0 Å². The van der Waals surface area contributed by atoms with Gasteiger partial charge in [0.2, 0.25) is 5.91 Å². The molecule has 0 fully saturated rings. The van der Waals surface area contributed by atoms with E-state index in [1.807, 2.05) is 6.07 Å². The van der Waals surface area contributed by atoms with E-state index in [1.165, 1.54) is 9.58 Å². The molecule has 128 valence electrons. The molecule has 0 saturated carbocycles. The normalized spacial score (nSPS) is 10.6. The summed E-state index contributed by atoms with van der Waals surface area (Å²) in [5.74, 6) is 0.122. The van der Waals surface area contributed by atoms with Gasteiger partial charge in [-0.15, -0.1) is 0 Å². The number of hydrogen-bond acceptors (Lipinski definition) is 4. The molecule has 2 amide bonds. The van der Waals surface area contributed by atoms with Crippen molar-refractivity contribution in [2.75, 3.05) is 19.4 Å². The van der Waals surface area contributed by atoms with Crippen LogP contribution in [0.3, 0.4) is 0 Å². The molecule has 7 heteroatoms. The van der Waals surface area contributed by atoms with Gasteiger partial charge in [0.15, 0.2) is 5.82 Å². The average Bonchev–Trinajstić information content (AvgIpc) is 3.00. The highest BCUT2D eigenvalue weighted by Crippen LogP contribution is 2.23. The van der Waals surface area contributed by atoms with Crippen molar-refractivity contribution in [2.45, 2.75) is 6.54 Å². The number of aromatic hydroxyl groups is 1. The molecule has 25 heavy (non-hydrogen) atoms. The SMILES string of the molecule is CN(C)C(=O)Cn1ccc(NC(=O)c2cccc3cc(O)ccc23)n1. The molecule has 0 atom stereocenters. The van der Waals surface area contributed by atoms with Crippen molar-refractivity contribution in [3.63, 3.8) is 0 Å².